The van der Waals surface area contributed by atoms with Crippen LogP contribution in [0.4, 0.5) is 0 Å². The third-order valence-electron chi connectivity index (χ3n) is 5.45. The second kappa shape index (κ2) is 10.3. The molecule has 1 fully saturated rings. The fourth-order valence-corrected chi connectivity index (χ4v) is 3.37. The van der Waals surface area contributed by atoms with Gasteiger partial charge in [0.05, 0.1) is 12.6 Å². The van der Waals surface area contributed by atoms with Gasteiger partial charge in [-0.1, -0.05) is 18.2 Å². The zero-order valence-corrected chi connectivity index (χ0v) is 18.6. The number of carbonyl (C=O) groups is 1. The Morgan fingerprint density at radius 3 is 2.59 bits per heavy atom. The Morgan fingerprint density at radius 2 is 1.91 bits per heavy atom. The van der Waals surface area contributed by atoms with Gasteiger partial charge in [-0.2, -0.15) is 0 Å². The van der Waals surface area contributed by atoms with Gasteiger partial charge in [0.25, 0.3) is 0 Å². The average Bonchev–Trinajstić information content (AvgIpc) is 3.62. The SMILES string of the molecule is CC(=O)NC(C)c1ccc(CCc2ccc(Oc3cccc(OCC4CC4)c3)nc2)nc1. The number of benzene rings is 1. The first-order valence-electron chi connectivity index (χ1n) is 11.1. The highest BCUT2D eigenvalue weighted by molar-refractivity contribution is 5.73. The van der Waals surface area contributed by atoms with Crippen LogP contribution in [-0.4, -0.2) is 22.5 Å². The summed E-state index contributed by atoms with van der Waals surface area (Å²) in [6.07, 6.45) is 7.86. The van der Waals surface area contributed by atoms with Crippen LogP contribution < -0.4 is 14.8 Å². The molecule has 3 aromatic rings. The van der Waals surface area contributed by atoms with Gasteiger partial charge in [0, 0.05) is 37.1 Å². The van der Waals surface area contributed by atoms with Gasteiger partial charge >= 0.3 is 0 Å². The van der Waals surface area contributed by atoms with Crippen molar-refractivity contribution in [3.8, 4) is 17.4 Å². The van der Waals surface area contributed by atoms with Crippen molar-refractivity contribution < 1.29 is 14.3 Å². The third kappa shape index (κ3) is 6.54. The lowest BCUT2D eigenvalue weighted by Crippen LogP contribution is -2.23. The smallest absolute Gasteiger partial charge is 0.219 e. The summed E-state index contributed by atoms with van der Waals surface area (Å²) in [6.45, 7) is 4.25. The third-order valence-corrected chi connectivity index (χ3v) is 5.45. The largest absolute Gasteiger partial charge is 0.493 e. The topological polar surface area (TPSA) is 73.3 Å². The van der Waals surface area contributed by atoms with Crippen molar-refractivity contribution in [3.05, 3.63) is 77.7 Å². The molecule has 4 rings (SSSR count). The number of ether oxygens (including phenoxy) is 2. The summed E-state index contributed by atoms with van der Waals surface area (Å²) < 4.78 is 11.7. The van der Waals surface area contributed by atoms with Crippen LogP contribution in [0.25, 0.3) is 0 Å². The Bertz CT molecular complexity index is 1030. The minimum Gasteiger partial charge on any atom is -0.493 e. The van der Waals surface area contributed by atoms with Gasteiger partial charge in [-0.25, -0.2) is 4.98 Å². The van der Waals surface area contributed by atoms with Crippen molar-refractivity contribution in [1.82, 2.24) is 15.3 Å². The molecule has 1 aromatic carbocycles. The number of hydrogen-bond acceptors (Lipinski definition) is 5. The lowest BCUT2D eigenvalue weighted by Gasteiger charge is -2.12. The second-order valence-corrected chi connectivity index (χ2v) is 8.34. The molecule has 6 nitrogen and oxygen atoms in total. The number of aromatic nitrogens is 2. The maximum atomic E-state index is 11.2. The van der Waals surface area contributed by atoms with Gasteiger partial charge in [0.1, 0.15) is 11.5 Å². The number of carbonyl (C=O) groups excluding carboxylic acids is 1. The maximum absolute atomic E-state index is 11.2. The number of amides is 1. The van der Waals surface area contributed by atoms with Gasteiger partial charge in [-0.3, -0.25) is 9.78 Å². The lowest BCUT2D eigenvalue weighted by molar-refractivity contribution is -0.119. The Hall–Kier alpha value is -3.41. The van der Waals surface area contributed by atoms with E-state index in [2.05, 4.69) is 15.3 Å². The van der Waals surface area contributed by atoms with E-state index in [1.54, 1.807) is 0 Å². The molecular formula is C26H29N3O3. The maximum Gasteiger partial charge on any atom is 0.219 e. The molecule has 0 aliphatic heterocycles. The van der Waals surface area contributed by atoms with E-state index in [9.17, 15) is 4.79 Å². The Balaban J connectivity index is 1.27. The standard InChI is InChI=1S/C26H29N3O3/c1-18(29-19(2)30)22-10-12-23(27-16-22)11-8-20-9-13-26(28-15-20)32-25-5-3-4-24(14-25)31-17-21-6-7-21/h3-5,9-10,12-16,18,21H,6-8,11,17H2,1-2H3,(H,29,30). The number of pyridine rings is 2. The van der Waals surface area contributed by atoms with Crippen LogP contribution in [-0.2, 0) is 17.6 Å². The van der Waals surface area contributed by atoms with Crippen LogP contribution in [0.1, 0.15) is 49.6 Å². The number of nitrogens with one attached hydrogen (secondary N) is 1. The van der Waals surface area contributed by atoms with Crippen LogP contribution in [0, 0.1) is 5.92 Å². The molecule has 166 valence electrons. The predicted molar refractivity (Wildman–Crippen MR) is 123 cm³/mol. The van der Waals surface area contributed by atoms with Gasteiger partial charge in [-0.05, 0) is 67.9 Å². The van der Waals surface area contributed by atoms with Crippen LogP contribution in [0.15, 0.2) is 60.9 Å². The van der Waals surface area contributed by atoms with Crippen LogP contribution >= 0.6 is 0 Å². The van der Waals surface area contributed by atoms with E-state index in [-0.39, 0.29) is 11.9 Å². The molecule has 32 heavy (non-hydrogen) atoms. The summed E-state index contributed by atoms with van der Waals surface area (Å²) >= 11 is 0. The van der Waals surface area contributed by atoms with Crippen molar-refractivity contribution in [2.75, 3.05) is 6.61 Å². The van der Waals surface area contributed by atoms with Gasteiger partial charge in [-0.15, -0.1) is 0 Å². The molecule has 2 heterocycles. The van der Waals surface area contributed by atoms with Gasteiger partial charge in [0.2, 0.25) is 11.8 Å². The molecule has 1 amide bonds. The summed E-state index contributed by atoms with van der Waals surface area (Å²) in [5.41, 5.74) is 3.12. The number of nitrogens with zero attached hydrogens (tertiary/aromatic N) is 2. The highest BCUT2D eigenvalue weighted by atomic mass is 16.5. The minimum atomic E-state index is -0.0453. The average molecular weight is 432 g/mol. The van der Waals surface area contributed by atoms with Crippen LogP contribution in [0.2, 0.25) is 0 Å². The minimum absolute atomic E-state index is 0.0451. The molecule has 2 aromatic heterocycles. The van der Waals surface area contributed by atoms with Crippen molar-refractivity contribution >= 4 is 5.91 Å². The summed E-state index contributed by atoms with van der Waals surface area (Å²) in [5.74, 6) is 2.78. The molecule has 6 heteroatoms. The van der Waals surface area contributed by atoms with E-state index in [0.29, 0.717) is 11.8 Å². The van der Waals surface area contributed by atoms with E-state index in [1.165, 1.54) is 19.8 Å². The summed E-state index contributed by atoms with van der Waals surface area (Å²) in [6, 6.07) is 15.6. The van der Waals surface area contributed by atoms with Crippen molar-refractivity contribution in [3.63, 3.8) is 0 Å². The van der Waals surface area contributed by atoms with Gasteiger partial charge in [0.15, 0.2) is 0 Å². The predicted octanol–water partition coefficient (Wildman–Crippen LogP) is 5.04. The van der Waals surface area contributed by atoms with Crippen molar-refractivity contribution in [2.45, 2.75) is 45.6 Å². The molecule has 0 radical (unpaired) electrons. The molecule has 1 aliphatic carbocycles. The van der Waals surface area contributed by atoms with Crippen LogP contribution in [0.5, 0.6) is 17.4 Å². The normalized spacial score (nSPS) is 13.9. The number of rotatable bonds is 10. The zero-order valence-electron chi connectivity index (χ0n) is 18.6. The van der Waals surface area contributed by atoms with E-state index in [0.717, 1.165) is 47.8 Å². The van der Waals surface area contributed by atoms with Crippen molar-refractivity contribution in [1.29, 1.82) is 0 Å². The molecular weight excluding hydrogens is 402 g/mol. The van der Waals surface area contributed by atoms with Gasteiger partial charge < -0.3 is 14.8 Å². The molecule has 0 bridgehead atoms. The molecule has 1 saturated carbocycles. The van der Waals surface area contributed by atoms with Crippen LogP contribution in [0.3, 0.4) is 0 Å². The molecule has 1 aliphatic rings. The molecule has 1 atom stereocenters. The van der Waals surface area contributed by atoms with Crippen molar-refractivity contribution in [2.24, 2.45) is 5.92 Å². The highest BCUT2D eigenvalue weighted by Gasteiger charge is 2.21. The second-order valence-electron chi connectivity index (χ2n) is 8.34. The van der Waals surface area contributed by atoms with E-state index >= 15 is 0 Å². The Morgan fingerprint density at radius 1 is 1.06 bits per heavy atom. The van der Waals surface area contributed by atoms with E-state index < -0.39 is 0 Å². The molecule has 0 spiro atoms. The first-order valence-corrected chi connectivity index (χ1v) is 11.1. The quantitative estimate of drug-likeness (QED) is 0.487. The fourth-order valence-electron chi connectivity index (χ4n) is 3.37. The molecule has 1 unspecified atom stereocenters. The highest BCUT2D eigenvalue weighted by Crippen LogP contribution is 2.30. The first kappa shape index (κ1) is 21.8. The Labute approximate surface area is 189 Å². The molecule has 0 saturated heterocycles. The van der Waals surface area contributed by atoms with E-state index in [4.69, 9.17) is 9.47 Å². The zero-order chi connectivity index (χ0) is 22.3. The lowest BCUT2D eigenvalue weighted by atomic mass is 10.1. The number of hydrogen-bond donors (Lipinski definition) is 1. The summed E-state index contributed by atoms with van der Waals surface area (Å²) in [4.78, 5) is 20.2. The fraction of sp³-hybridized carbons (Fsp3) is 0.346. The molecule has 1 N–H and O–H groups in total. The monoisotopic (exact) mass is 431 g/mol. The van der Waals surface area contributed by atoms with E-state index in [1.807, 2.05) is 67.8 Å². The number of aryl methyl sites for hydroxylation is 2. The summed E-state index contributed by atoms with van der Waals surface area (Å²) in [5, 5.41) is 2.87. The first-order chi connectivity index (χ1) is 15.5. The Kier molecular flexibility index (Phi) is 7.00. The summed E-state index contributed by atoms with van der Waals surface area (Å²) in [7, 11) is 0.